The Bertz CT molecular complexity index is 812. The number of benzene rings is 2. The van der Waals surface area contributed by atoms with Crippen molar-refractivity contribution < 1.29 is 22.9 Å². The Kier molecular flexibility index (Phi) is 5.48. The number of hydrogen-bond donors (Lipinski definition) is 2. The maximum atomic E-state index is 12.8. The fourth-order valence-electron chi connectivity index (χ4n) is 1.94. The first kappa shape index (κ1) is 18.5. The highest BCUT2D eigenvalue weighted by Gasteiger charge is 2.33. The topological polar surface area (TPSA) is 84.3 Å². The van der Waals surface area contributed by atoms with Gasteiger partial charge >= 0.3 is 6.18 Å². The number of nitro groups is 1. The number of amides is 1. The lowest BCUT2D eigenvalue weighted by Crippen LogP contribution is -2.22. The minimum Gasteiger partial charge on any atom is -0.376 e. The lowest BCUT2D eigenvalue weighted by Gasteiger charge is -2.12. The molecule has 0 saturated heterocycles. The van der Waals surface area contributed by atoms with Crippen molar-refractivity contribution in [2.24, 2.45) is 0 Å². The summed E-state index contributed by atoms with van der Waals surface area (Å²) in [4.78, 5) is 21.9. The summed E-state index contributed by atoms with van der Waals surface area (Å²) in [7, 11) is 0. The number of carbonyl (C=O) groups excluding carboxylic acids is 1. The van der Waals surface area contributed by atoms with Crippen molar-refractivity contribution in [3.8, 4) is 0 Å². The van der Waals surface area contributed by atoms with E-state index in [4.69, 9.17) is 11.6 Å². The summed E-state index contributed by atoms with van der Waals surface area (Å²) >= 11 is 5.50. The quantitative estimate of drug-likeness (QED) is 0.604. The number of hydrogen-bond acceptors (Lipinski definition) is 4. The standard InChI is InChI=1S/C15H11ClF3N3O3/c16-13-5-4-10(7-12(13)15(17,18)19)21-14(23)8-20-9-2-1-3-11(6-9)22(24)25/h1-7,20H,8H2,(H,21,23). The van der Waals surface area contributed by atoms with Gasteiger partial charge in [-0.3, -0.25) is 14.9 Å². The Morgan fingerprint density at radius 3 is 2.52 bits per heavy atom. The van der Waals surface area contributed by atoms with Crippen LogP contribution in [0.5, 0.6) is 0 Å². The molecular formula is C15H11ClF3N3O3. The molecule has 2 rings (SSSR count). The molecule has 0 aliphatic heterocycles. The van der Waals surface area contributed by atoms with Crippen molar-refractivity contribution in [3.63, 3.8) is 0 Å². The maximum absolute atomic E-state index is 12.8. The van der Waals surface area contributed by atoms with E-state index in [9.17, 15) is 28.1 Å². The maximum Gasteiger partial charge on any atom is 0.417 e. The van der Waals surface area contributed by atoms with Gasteiger partial charge in [0.25, 0.3) is 5.69 Å². The summed E-state index contributed by atoms with van der Waals surface area (Å²) in [5, 5.41) is 15.1. The second-order valence-electron chi connectivity index (χ2n) is 4.90. The van der Waals surface area contributed by atoms with Crippen LogP contribution in [0.4, 0.5) is 30.2 Å². The Hall–Kier alpha value is -2.81. The molecule has 132 valence electrons. The molecule has 2 aromatic rings. The number of rotatable bonds is 5. The highest BCUT2D eigenvalue weighted by Crippen LogP contribution is 2.36. The predicted molar refractivity (Wildman–Crippen MR) is 86.7 cm³/mol. The zero-order valence-electron chi connectivity index (χ0n) is 12.4. The van der Waals surface area contributed by atoms with E-state index in [0.717, 1.165) is 12.1 Å². The Balaban J connectivity index is 2.01. The van der Waals surface area contributed by atoms with Crippen molar-refractivity contribution in [2.45, 2.75) is 6.18 Å². The molecular weight excluding hydrogens is 363 g/mol. The molecule has 0 bridgehead atoms. The van der Waals surface area contributed by atoms with E-state index in [1.54, 1.807) is 0 Å². The Morgan fingerprint density at radius 1 is 1.16 bits per heavy atom. The van der Waals surface area contributed by atoms with E-state index in [2.05, 4.69) is 10.6 Å². The second kappa shape index (κ2) is 7.39. The molecule has 0 unspecified atom stereocenters. The van der Waals surface area contributed by atoms with E-state index in [1.807, 2.05) is 0 Å². The lowest BCUT2D eigenvalue weighted by molar-refractivity contribution is -0.384. The van der Waals surface area contributed by atoms with E-state index in [-0.39, 0.29) is 17.9 Å². The third-order valence-corrected chi connectivity index (χ3v) is 3.40. The number of non-ortho nitro benzene ring substituents is 1. The zero-order chi connectivity index (χ0) is 18.6. The van der Waals surface area contributed by atoms with Crippen LogP contribution in [0.15, 0.2) is 42.5 Å². The molecule has 2 aromatic carbocycles. The van der Waals surface area contributed by atoms with Gasteiger partial charge in [0.05, 0.1) is 22.1 Å². The molecule has 0 aliphatic carbocycles. The fourth-order valence-corrected chi connectivity index (χ4v) is 2.16. The van der Waals surface area contributed by atoms with Gasteiger partial charge in [-0.25, -0.2) is 0 Å². The van der Waals surface area contributed by atoms with Crippen LogP contribution in [0.25, 0.3) is 0 Å². The first-order valence-corrected chi connectivity index (χ1v) is 7.19. The largest absolute Gasteiger partial charge is 0.417 e. The molecule has 2 N–H and O–H groups in total. The molecule has 0 atom stereocenters. The first-order chi connectivity index (χ1) is 11.7. The van der Waals surface area contributed by atoms with Gasteiger partial charge in [0.15, 0.2) is 0 Å². The summed E-state index contributed by atoms with van der Waals surface area (Å²) in [6, 6.07) is 8.48. The molecule has 0 aromatic heterocycles. The lowest BCUT2D eigenvalue weighted by atomic mass is 10.2. The Labute approximate surface area is 144 Å². The van der Waals surface area contributed by atoms with E-state index in [1.165, 1.54) is 30.3 Å². The molecule has 0 fully saturated rings. The minimum absolute atomic E-state index is 0.0671. The molecule has 0 heterocycles. The third-order valence-electron chi connectivity index (χ3n) is 3.07. The van der Waals surface area contributed by atoms with E-state index >= 15 is 0 Å². The third kappa shape index (κ3) is 5.08. The average Bonchev–Trinajstić information content (AvgIpc) is 2.54. The van der Waals surface area contributed by atoms with Gasteiger partial charge in [-0.15, -0.1) is 0 Å². The van der Waals surface area contributed by atoms with Crippen LogP contribution in [-0.2, 0) is 11.0 Å². The molecule has 0 radical (unpaired) electrons. The van der Waals surface area contributed by atoms with Gasteiger partial charge < -0.3 is 10.6 Å². The molecule has 6 nitrogen and oxygen atoms in total. The number of nitro benzene ring substituents is 1. The highest BCUT2D eigenvalue weighted by atomic mass is 35.5. The molecule has 25 heavy (non-hydrogen) atoms. The monoisotopic (exact) mass is 373 g/mol. The molecule has 0 spiro atoms. The highest BCUT2D eigenvalue weighted by molar-refractivity contribution is 6.31. The van der Waals surface area contributed by atoms with Crippen molar-refractivity contribution in [1.29, 1.82) is 0 Å². The Morgan fingerprint density at radius 2 is 1.88 bits per heavy atom. The van der Waals surface area contributed by atoms with Crippen LogP contribution >= 0.6 is 11.6 Å². The number of nitrogens with zero attached hydrogens (tertiary/aromatic N) is 1. The van der Waals surface area contributed by atoms with Gasteiger partial charge in [0, 0.05) is 23.5 Å². The number of carbonyl (C=O) groups is 1. The summed E-state index contributed by atoms with van der Waals surface area (Å²) in [5.41, 5.74) is -0.949. The van der Waals surface area contributed by atoms with Crippen LogP contribution in [0, 0.1) is 10.1 Å². The minimum atomic E-state index is -4.64. The van der Waals surface area contributed by atoms with Gasteiger partial charge in [-0.2, -0.15) is 13.2 Å². The van der Waals surface area contributed by atoms with E-state index in [0.29, 0.717) is 5.69 Å². The van der Waals surface area contributed by atoms with Crippen LogP contribution in [0.2, 0.25) is 5.02 Å². The smallest absolute Gasteiger partial charge is 0.376 e. The zero-order valence-corrected chi connectivity index (χ0v) is 13.2. The van der Waals surface area contributed by atoms with Gasteiger partial charge in [-0.1, -0.05) is 17.7 Å². The molecule has 0 saturated carbocycles. The van der Waals surface area contributed by atoms with Gasteiger partial charge in [0.1, 0.15) is 0 Å². The number of nitrogens with one attached hydrogen (secondary N) is 2. The van der Waals surface area contributed by atoms with Crippen molar-refractivity contribution in [3.05, 3.63) is 63.2 Å². The van der Waals surface area contributed by atoms with Crippen LogP contribution in [0.3, 0.4) is 0 Å². The summed E-state index contributed by atoms with van der Waals surface area (Å²) in [6.07, 6.45) is -4.64. The van der Waals surface area contributed by atoms with Crippen molar-refractivity contribution in [1.82, 2.24) is 0 Å². The van der Waals surface area contributed by atoms with Crippen molar-refractivity contribution >= 4 is 34.6 Å². The van der Waals surface area contributed by atoms with Gasteiger partial charge in [0.2, 0.25) is 5.91 Å². The predicted octanol–water partition coefficient (Wildman–Crippen LogP) is 4.32. The summed E-state index contributed by atoms with van der Waals surface area (Å²) in [5.74, 6) is -0.623. The SMILES string of the molecule is O=C(CNc1cccc([N+](=O)[O-])c1)Nc1ccc(Cl)c(C(F)(F)F)c1. The average molecular weight is 374 g/mol. The number of anilines is 2. The number of halogens is 4. The van der Waals surface area contributed by atoms with Gasteiger partial charge in [-0.05, 0) is 24.3 Å². The molecule has 10 heteroatoms. The summed E-state index contributed by atoms with van der Waals surface area (Å²) < 4.78 is 38.3. The fraction of sp³-hybridized carbons (Fsp3) is 0.133. The second-order valence-corrected chi connectivity index (χ2v) is 5.31. The normalized spacial score (nSPS) is 11.0. The van der Waals surface area contributed by atoms with Crippen LogP contribution in [0.1, 0.15) is 5.56 Å². The molecule has 1 amide bonds. The van der Waals surface area contributed by atoms with Crippen molar-refractivity contribution in [2.75, 3.05) is 17.2 Å². The van der Waals surface area contributed by atoms with Crippen LogP contribution in [-0.4, -0.2) is 17.4 Å². The first-order valence-electron chi connectivity index (χ1n) is 6.82. The summed E-state index contributed by atoms with van der Waals surface area (Å²) in [6.45, 7) is -0.287. The molecule has 0 aliphatic rings. The van der Waals surface area contributed by atoms with E-state index < -0.39 is 27.6 Å². The number of alkyl halides is 3. The van der Waals surface area contributed by atoms with Crippen LogP contribution < -0.4 is 10.6 Å².